The number of carbonyl (C=O) groups is 1. The zero-order valence-electron chi connectivity index (χ0n) is 8.29. The SMILES string of the molecule is O=C(O)c1cccnc1SCc1cccs1. The molecule has 5 heteroatoms. The second-order valence-corrected chi connectivity index (χ2v) is 5.03. The number of carboxylic acid groups (broad SMARTS) is 1. The molecule has 0 bridgehead atoms. The van der Waals surface area contributed by atoms with Crippen LogP contribution in [-0.2, 0) is 5.75 Å². The summed E-state index contributed by atoms with van der Waals surface area (Å²) in [6.45, 7) is 0. The molecule has 16 heavy (non-hydrogen) atoms. The number of aromatic carboxylic acids is 1. The van der Waals surface area contributed by atoms with Crippen molar-refractivity contribution in [3.8, 4) is 0 Å². The largest absolute Gasteiger partial charge is 0.478 e. The van der Waals surface area contributed by atoms with Crippen molar-refractivity contribution in [2.45, 2.75) is 10.8 Å². The highest BCUT2D eigenvalue weighted by molar-refractivity contribution is 7.98. The van der Waals surface area contributed by atoms with E-state index < -0.39 is 5.97 Å². The quantitative estimate of drug-likeness (QED) is 0.848. The monoisotopic (exact) mass is 251 g/mol. The Bertz CT molecular complexity index is 482. The smallest absolute Gasteiger partial charge is 0.338 e. The van der Waals surface area contributed by atoms with Crippen LogP contribution in [0.4, 0.5) is 0 Å². The molecule has 2 aromatic heterocycles. The summed E-state index contributed by atoms with van der Waals surface area (Å²) >= 11 is 3.11. The second-order valence-electron chi connectivity index (χ2n) is 3.03. The molecule has 2 heterocycles. The van der Waals surface area contributed by atoms with Gasteiger partial charge in [-0.05, 0) is 23.6 Å². The Hall–Kier alpha value is -1.33. The summed E-state index contributed by atoms with van der Waals surface area (Å²) in [6.07, 6.45) is 1.61. The van der Waals surface area contributed by atoms with Crippen molar-refractivity contribution < 1.29 is 9.90 Å². The van der Waals surface area contributed by atoms with Gasteiger partial charge in [-0.3, -0.25) is 0 Å². The highest BCUT2D eigenvalue weighted by Gasteiger charge is 2.10. The van der Waals surface area contributed by atoms with E-state index in [1.54, 1.807) is 29.7 Å². The zero-order chi connectivity index (χ0) is 11.4. The average molecular weight is 251 g/mol. The summed E-state index contributed by atoms with van der Waals surface area (Å²) in [4.78, 5) is 16.2. The summed E-state index contributed by atoms with van der Waals surface area (Å²) in [5.41, 5.74) is 0.268. The Morgan fingerprint density at radius 3 is 3.00 bits per heavy atom. The van der Waals surface area contributed by atoms with Crippen molar-refractivity contribution in [1.29, 1.82) is 0 Å². The third kappa shape index (κ3) is 2.62. The van der Waals surface area contributed by atoms with E-state index in [-0.39, 0.29) is 5.56 Å². The van der Waals surface area contributed by atoms with E-state index in [0.29, 0.717) is 5.03 Å². The Morgan fingerprint density at radius 1 is 1.44 bits per heavy atom. The third-order valence-electron chi connectivity index (χ3n) is 1.93. The maximum absolute atomic E-state index is 10.9. The van der Waals surface area contributed by atoms with Crippen LogP contribution in [0.3, 0.4) is 0 Å². The molecule has 0 amide bonds. The minimum Gasteiger partial charge on any atom is -0.478 e. The van der Waals surface area contributed by atoms with Gasteiger partial charge in [-0.25, -0.2) is 9.78 Å². The van der Waals surface area contributed by atoms with Crippen LogP contribution in [0.1, 0.15) is 15.2 Å². The molecule has 0 atom stereocenters. The fourth-order valence-electron chi connectivity index (χ4n) is 1.20. The molecule has 0 radical (unpaired) electrons. The molecule has 0 aromatic carbocycles. The lowest BCUT2D eigenvalue weighted by Crippen LogP contribution is -2.00. The van der Waals surface area contributed by atoms with E-state index >= 15 is 0 Å². The normalized spacial score (nSPS) is 10.2. The van der Waals surface area contributed by atoms with E-state index in [2.05, 4.69) is 4.98 Å². The molecule has 0 unspecified atom stereocenters. The van der Waals surface area contributed by atoms with Gasteiger partial charge in [-0.15, -0.1) is 11.3 Å². The number of nitrogens with zero attached hydrogens (tertiary/aromatic N) is 1. The third-order valence-corrected chi connectivity index (χ3v) is 4.05. The van der Waals surface area contributed by atoms with Crippen molar-refractivity contribution in [2.75, 3.05) is 0 Å². The van der Waals surface area contributed by atoms with Gasteiger partial charge in [0.2, 0.25) is 0 Å². The molecule has 2 rings (SSSR count). The predicted molar refractivity (Wildman–Crippen MR) is 65.1 cm³/mol. The fraction of sp³-hybridized carbons (Fsp3) is 0.0909. The number of hydrogen-bond donors (Lipinski definition) is 1. The van der Waals surface area contributed by atoms with E-state index in [4.69, 9.17) is 5.11 Å². The number of thioether (sulfide) groups is 1. The van der Waals surface area contributed by atoms with Crippen LogP contribution in [0.15, 0.2) is 40.9 Å². The summed E-state index contributed by atoms with van der Waals surface area (Å²) in [6, 6.07) is 7.23. The van der Waals surface area contributed by atoms with Crippen LogP contribution in [0.25, 0.3) is 0 Å². The molecule has 0 aliphatic heterocycles. The summed E-state index contributed by atoms with van der Waals surface area (Å²) < 4.78 is 0. The maximum atomic E-state index is 10.9. The minimum absolute atomic E-state index is 0.268. The molecule has 0 spiro atoms. The van der Waals surface area contributed by atoms with Gasteiger partial charge in [0.05, 0.1) is 5.56 Å². The van der Waals surface area contributed by atoms with E-state index in [0.717, 1.165) is 5.75 Å². The molecule has 0 aliphatic rings. The van der Waals surface area contributed by atoms with E-state index in [1.807, 2.05) is 17.5 Å². The minimum atomic E-state index is -0.929. The second kappa shape index (κ2) is 5.14. The molecule has 0 fully saturated rings. The molecule has 2 aromatic rings. The first-order valence-corrected chi connectivity index (χ1v) is 6.47. The Kier molecular flexibility index (Phi) is 3.58. The lowest BCUT2D eigenvalue weighted by Gasteiger charge is -2.02. The van der Waals surface area contributed by atoms with Crippen LogP contribution in [0.2, 0.25) is 0 Å². The first kappa shape index (κ1) is 11.2. The first-order valence-electron chi connectivity index (χ1n) is 4.61. The highest BCUT2D eigenvalue weighted by Crippen LogP contribution is 2.25. The molecule has 3 nitrogen and oxygen atoms in total. The Balaban J connectivity index is 2.12. The van der Waals surface area contributed by atoms with Gasteiger partial charge in [0.1, 0.15) is 5.03 Å². The number of thiophene rings is 1. The van der Waals surface area contributed by atoms with E-state index in [9.17, 15) is 4.79 Å². The summed E-state index contributed by atoms with van der Waals surface area (Å²) in [5, 5.41) is 11.6. The van der Waals surface area contributed by atoms with Crippen LogP contribution in [-0.4, -0.2) is 16.1 Å². The predicted octanol–water partition coefficient (Wildman–Crippen LogP) is 3.13. The van der Waals surface area contributed by atoms with Crippen molar-refractivity contribution in [3.63, 3.8) is 0 Å². The molecule has 0 saturated carbocycles. The zero-order valence-corrected chi connectivity index (χ0v) is 9.92. The van der Waals surface area contributed by atoms with Crippen LogP contribution < -0.4 is 0 Å². The molecular weight excluding hydrogens is 242 g/mol. The van der Waals surface area contributed by atoms with Gasteiger partial charge >= 0.3 is 5.97 Å². The standard InChI is InChI=1S/C11H9NO2S2/c13-11(14)9-4-1-5-12-10(9)16-7-8-3-2-6-15-8/h1-6H,7H2,(H,13,14). The summed E-state index contributed by atoms with van der Waals surface area (Å²) in [5.74, 6) is -0.170. The number of rotatable bonds is 4. The van der Waals surface area contributed by atoms with Crippen LogP contribution in [0.5, 0.6) is 0 Å². The van der Waals surface area contributed by atoms with Gasteiger partial charge in [0, 0.05) is 16.8 Å². The van der Waals surface area contributed by atoms with Gasteiger partial charge in [-0.2, -0.15) is 0 Å². The fourth-order valence-corrected chi connectivity index (χ4v) is 2.96. The Labute approximate surface area is 101 Å². The topological polar surface area (TPSA) is 50.2 Å². The van der Waals surface area contributed by atoms with Crippen molar-refractivity contribution in [3.05, 3.63) is 46.3 Å². The average Bonchev–Trinajstić information content (AvgIpc) is 2.79. The highest BCUT2D eigenvalue weighted by atomic mass is 32.2. The van der Waals surface area contributed by atoms with Gasteiger partial charge < -0.3 is 5.11 Å². The molecule has 0 saturated heterocycles. The Morgan fingerprint density at radius 2 is 2.31 bits per heavy atom. The maximum Gasteiger partial charge on any atom is 0.338 e. The van der Waals surface area contributed by atoms with Gasteiger partial charge in [-0.1, -0.05) is 17.8 Å². The molecular formula is C11H9NO2S2. The van der Waals surface area contributed by atoms with Gasteiger partial charge in [0.25, 0.3) is 0 Å². The van der Waals surface area contributed by atoms with Crippen molar-refractivity contribution in [2.24, 2.45) is 0 Å². The number of hydrogen-bond acceptors (Lipinski definition) is 4. The van der Waals surface area contributed by atoms with Crippen molar-refractivity contribution >= 4 is 29.1 Å². The number of pyridine rings is 1. The van der Waals surface area contributed by atoms with E-state index in [1.165, 1.54) is 16.6 Å². The lowest BCUT2D eigenvalue weighted by atomic mass is 10.3. The van der Waals surface area contributed by atoms with Crippen molar-refractivity contribution in [1.82, 2.24) is 4.98 Å². The number of carboxylic acids is 1. The van der Waals surface area contributed by atoms with Crippen LogP contribution >= 0.6 is 23.1 Å². The lowest BCUT2D eigenvalue weighted by molar-refractivity contribution is 0.0692. The molecule has 0 aliphatic carbocycles. The molecule has 1 N–H and O–H groups in total. The first-order chi connectivity index (χ1) is 7.77. The number of aromatic nitrogens is 1. The van der Waals surface area contributed by atoms with Gasteiger partial charge in [0.15, 0.2) is 0 Å². The van der Waals surface area contributed by atoms with Crippen LogP contribution in [0, 0.1) is 0 Å². The summed E-state index contributed by atoms with van der Waals surface area (Å²) in [7, 11) is 0. The molecule has 82 valence electrons.